The number of hydrogen-bond acceptors (Lipinski definition) is 8. The molecule has 8 nitrogen and oxygen atoms in total. The first kappa shape index (κ1) is 24.9. The van der Waals surface area contributed by atoms with Crippen LogP contribution >= 0.6 is 35.0 Å². The number of hydrogen-bond donors (Lipinski definition) is 3. The molecule has 166 valence electrons. The molecule has 30 heavy (non-hydrogen) atoms. The average molecular weight is 494 g/mol. The number of nitrogens with one attached hydrogen (secondary N) is 2. The largest absolute Gasteiger partial charge is 0.394 e. The number of rotatable bonds is 10. The predicted octanol–water partition coefficient (Wildman–Crippen LogP) is 4.22. The molecule has 0 radical (unpaired) electrons. The third kappa shape index (κ3) is 8.07. The van der Waals surface area contributed by atoms with Gasteiger partial charge < -0.3 is 10.4 Å². The van der Waals surface area contributed by atoms with Crippen LogP contribution in [0, 0.1) is 5.92 Å². The second-order valence-electron chi connectivity index (χ2n) is 7.22. The van der Waals surface area contributed by atoms with Crippen molar-refractivity contribution in [3.8, 4) is 0 Å². The van der Waals surface area contributed by atoms with E-state index in [1.807, 2.05) is 26.8 Å². The number of anilines is 2. The van der Waals surface area contributed by atoms with E-state index in [-0.39, 0.29) is 29.8 Å². The van der Waals surface area contributed by atoms with E-state index in [0.717, 1.165) is 11.8 Å². The van der Waals surface area contributed by atoms with Crippen LogP contribution in [-0.2, 0) is 10.0 Å². The van der Waals surface area contributed by atoms with Crippen LogP contribution in [0.5, 0.6) is 0 Å². The number of halogens is 2. The zero-order valence-corrected chi connectivity index (χ0v) is 20.2. The molecule has 0 aliphatic heterocycles. The van der Waals surface area contributed by atoms with Crippen molar-refractivity contribution < 1.29 is 13.5 Å². The van der Waals surface area contributed by atoms with E-state index in [4.69, 9.17) is 23.2 Å². The third-order valence-corrected chi connectivity index (χ3v) is 6.00. The Morgan fingerprint density at radius 3 is 2.37 bits per heavy atom. The molecular formula is C18H25Cl2N5O3S2. The van der Waals surface area contributed by atoms with Crippen molar-refractivity contribution in [3.05, 3.63) is 33.8 Å². The van der Waals surface area contributed by atoms with E-state index < -0.39 is 10.0 Å². The minimum absolute atomic E-state index is 0.104. The number of thioether (sulfide) groups is 1. The number of nitrogens with zero attached hydrogens (tertiary/aromatic N) is 3. The van der Waals surface area contributed by atoms with Crippen molar-refractivity contribution in [1.82, 2.24) is 15.0 Å². The van der Waals surface area contributed by atoms with Crippen LogP contribution in [0.2, 0.25) is 10.0 Å². The molecule has 1 heterocycles. The molecule has 3 N–H and O–H groups in total. The standard InChI is InChI=1S/C18H25Cl2N5O3S2/c1-10(2)7-13(9-26)21-16-22-17(25-30(4,27)28)24-18(23-16)29-11(3)14-6-5-12(19)8-15(14)20/h5-6,8,10-11,13,26H,7,9H2,1-4H3,(H2,21,22,23,24,25)/t11-,13+/m0/s1. The van der Waals surface area contributed by atoms with E-state index in [2.05, 4.69) is 25.0 Å². The van der Waals surface area contributed by atoms with Crippen molar-refractivity contribution in [2.24, 2.45) is 5.92 Å². The van der Waals surface area contributed by atoms with Gasteiger partial charge in [0.25, 0.3) is 0 Å². The summed E-state index contributed by atoms with van der Waals surface area (Å²) in [5.74, 6) is 0.409. The molecule has 2 atom stereocenters. The van der Waals surface area contributed by atoms with Gasteiger partial charge in [-0.2, -0.15) is 15.0 Å². The fourth-order valence-corrected chi connectivity index (χ4v) is 4.66. The van der Waals surface area contributed by atoms with Crippen LogP contribution in [0.3, 0.4) is 0 Å². The molecule has 0 aliphatic rings. The van der Waals surface area contributed by atoms with Crippen molar-refractivity contribution >= 4 is 56.9 Å². The summed E-state index contributed by atoms with van der Waals surface area (Å²) in [6.07, 6.45) is 1.71. The van der Waals surface area contributed by atoms with Gasteiger partial charge in [0.1, 0.15) is 0 Å². The minimum atomic E-state index is -3.58. The Balaban J connectivity index is 2.33. The van der Waals surface area contributed by atoms with Gasteiger partial charge in [-0.3, -0.25) is 4.72 Å². The number of aromatic nitrogens is 3. The van der Waals surface area contributed by atoms with Gasteiger partial charge in [0, 0.05) is 15.3 Å². The Morgan fingerprint density at radius 2 is 1.80 bits per heavy atom. The highest BCUT2D eigenvalue weighted by Gasteiger charge is 2.18. The van der Waals surface area contributed by atoms with Gasteiger partial charge in [-0.25, -0.2) is 8.42 Å². The van der Waals surface area contributed by atoms with Crippen molar-refractivity contribution in [1.29, 1.82) is 0 Å². The summed E-state index contributed by atoms with van der Waals surface area (Å²) in [5.41, 5.74) is 0.839. The van der Waals surface area contributed by atoms with Crippen LogP contribution in [0.15, 0.2) is 23.4 Å². The normalized spacial score (nSPS) is 13.9. The Hall–Kier alpha value is -1.33. The molecule has 0 bridgehead atoms. The molecule has 1 aromatic carbocycles. The smallest absolute Gasteiger partial charge is 0.242 e. The molecule has 1 aromatic heterocycles. The average Bonchev–Trinajstić information content (AvgIpc) is 2.58. The fraction of sp³-hybridized carbons (Fsp3) is 0.500. The van der Waals surface area contributed by atoms with E-state index in [9.17, 15) is 13.5 Å². The van der Waals surface area contributed by atoms with Crippen LogP contribution in [0.25, 0.3) is 0 Å². The lowest BCUT2D eigenvalue weighted by molar-refractivity contribution is 0.259. The molecule has 2 rings (SSSR count). The summed E-state index contributed by atoms with van der Waals surface area (Å²) >= 11 is 13.6. The molecule has 0 amide bonds. The second-order valence-corrected chi connectivity index (χ2v) is 11.1. The molecule has 0 saturated heterocycles. The van der Waals surface area contributed by atoms with E-state index >= 15 is 0 Å². The van der Waals surface area contributed by atoms with Gasteiger partial charge in [-0.05, 0) is 37.0 Å². The van der Waals surface area contributed by atoms with Gasteiger partial charge in [-0.15, -0.1) is 0 Å². The zero-order chi connectivity index (χ0) is 22.5. The number of sulfonamides is 1. The highest BCUT2D eigenvalue weighted by molar-refractivity contribution is 7.99. The van der Waals surface area contributed by atoms with Gasteiger partial charge >= 0.3 is 0 Å². The minimum Gasteiger partial charge on any atom is -0.394 e. The topological polar surface area (TPSA) is 117 Å². The van der Waals surface area contributed by atoms with Crippen LogP contribution in [0.1, 0.15) is 38.0 Å². The zero-order valence-electron chi connectivity index (χ0n) is 17.1. The first-order chi connectivity index (χ1) is 14.0. The molecule has 0 aliphatic carbocycles. The summed E-state index contributed by atoms with van der Waals surface area (Å²) in [6, 6.07) is 4.95. The van der Waals surface area contributed by atoms with Crippen LogP contribution in [0.4, 0.5) is 11.9 Å². The maximum Gasteiger partial charge on any atom is 0.242 e. The SMILES string of the molecule is CC(C)C[C@H](CO)Nc1nc(NS(C)(=O)=O)nc(S[C@@H](C)c2ccc(Cl)cc2Cl)n1. The monoisotopic (exact) mass is 493 g/mol. The summed E-state index contributed by atoms with van der Waals surface area (Å²) in [5, 5.41) is 13.9. The van der Waals surface area contributed by atoms with Crippen molar-refractivity contribution in [3.63, 3.8) is 0 Å². The van der Waals surface area contributed by atoms with Gasteiger partial charge in [0.05, 0.1) is 18.9 Å². The van der Waals surface area contributed by atoms with E-state index in [1.54, 1.807) is 12.1 Å². The molecule has 0 saturated carbocycles. The molecule has 2 aromatic rings. The maximum atomic E-state index is 11.7. The van der Waals surface area contributed by atoms with E-state index in [0.29, 0.717) is 27.5 Å². The molecule has 0 unspecified atom stereocenters. The highest BCUT2D eigenvalue weighted by Crippen LogP contribution is 2.37. The lowest BCUT2D eigenvalue weighted by Gasteiger charge is -2.19. The van der Waals surface area contributed by atoms with Gasteiger partial charge in [0.15, 0.2) is 5.16 Å². The quantitative estimate of drug-likeness (QED) is 0.421. The Labute approximate surface area is 191 Å². The number of benzene rings is 1. The molecule has 12 heteroatoms. The van der Waals surface area contributed by atoms with E-state index in [1.165, 1.54) is 11.8 Å². The predicted molar refractivity (Wildman–Crippen MR) is 123 cm³/mol. The van der Waals surface area contributed by atoms with Crippen molar-refractivity contribution in [2.75, 3.05) is 22.9 Å². The Kier molecular flexibility index (Phi) is 8.98. The number of aliphatic hydroxyl groups excluding tert-OH is 1. The third-order valence-electron chi connectivity index (χ3n) is 3.88. The first-order valence-electron chi connectivity index (χ1n) is 9.19. The lowest BCUT2D eigenvalue weighted by atomic mass is 10.0. The summed E-state index contributed by atoms with van der Waals surface area (Å²) in [4.78, 5) is 12.7. The first-order valence-corrected chi connectivity index (χ1v) is 12.7. The highest BCUT2D eigenvalue weighted by atomic mass is 35.5. The number of aliphatic hydroxyl groups is 1. The lowest BCUT2D eigenvalue weighted by Crippen LogP contribution is -2.27. The molecule has 0 spiro atoms. The fourth-order valence-electron chi connectivity index (χ4n) is 2.67. The Morgan fingerprint density at radius 1 is 1.13 bits per heavy atom. The van der Waals surface area contributed by atoms with Gasteiger partial charge in [0.2, 0.25) is 21.9 Å². The summed E-state index contributed by atoms with van der Waals surface area (Å²) in [6.45, 7) is 5.88. The Bertz CT molecular complexity index is 976. The van der Waals surface area contributed by atoms with Crippen LogP contribution < -0.4 is 10.0 Å². The molecule has 0 fully saturated rings. The van der Waals surface area contributed by atoms with Crippen LogP contribution in [-0.4, -0.2) is 47.4 Å². The summed E-state index contributed by atoms with van der Waals surface area (Å²) < 4.78 is 25.6. The van der Waals surface area contributed by atoms with Gasteiger partial charge in [-0.1, -0.05) is 54.9 Å². The molecular weight excluding hydrogens is 469 g/mol. The maximum absolute atomic E-state index is 11.7. The van der Waals surface area contributed by atoms with Crippen molar-refractivity contribution in [2.45, 2.75) is 43.6 Å². The summed E-state index contributed by atoms with van der Waals surface area (Å²) in [7, 11) is -3.58. The second kappa shape index (κ2) is 10.8.